The quantitative estimate of drug-likeness (QED) is 0.679. The number of carbonyl (C=O) groups is 2. The number of hydrogen-bond acceptors (Lipinski definition) is 3. The van der Waals surface area contributed by atoms with Gasteiger partial charge in [-0.2, -0.15) is 0 Å². The molecule has 2 amide bonds. The number of halogens is 1. The van der Waals surface area contributed by atoms with E-state index in [1.165, 1.54) is 12.0 Å². The van der Waals surface area contributed by atoms with E-state index in [1.54, 1.807) is 24.3 Å². The highest BCUT2D eigenvalue weighted by molar-refractivity contribution is 6.31. The summed E-state index contributed by atoms with van der Waals surface area (Å²) in [6, 6.07) is 14.7. The second-order valence-electron chi connectivity index (χ2n) is 9.33. The minimum absolute atomic E-state index is 0.0962. The minimum atomic E-state index is -0.456. The van der Waals surface area contributed by atoms with Gasteiger partial charge in [0, 0.05) is 28.9 Å². The number of fused-ring (bicyclic) bond motifs is 1. The van der Waals surface area contributed by atoms with E-state index in [9.17, 15) is 9.59 Å². The van der Waals surface area contributed by atoms with E-state index in [0.717, 1.165) is 44.3 Å². The molecule has 32 heavy (non-hydrogen) atoms. The zero-order chi connectivity index (χ0) is 22.7. The summed E-state index contributed by atoms with van der Waals surface area (Å²) in [5.41, 5.74) is 2.56. The molecule has 3 atom stereocenters. The van der Waals surface area contributed by atoms with Crippen LogP contribution in [0.3, 0.4) is 0 Å². The molecule has 1 aliphatic carbocycles. The summed E-state index contributed by atoms with van der Waals surface area (Å²) in [5, 5.41) is 3.60. The smallest absolute Gasteiger partial charge is 0.254 e. The third-order valence-electron chi connectivity index (χ3n) is 6.77. The SMILES string of the molecule is CN(C)CCc1ccc(NC(=O)C2CC3CCCCC3N2C(=O)c2cccc(Cl)c2)cc1. The first-order valence-electron chi connectivity index (χ1n) is 11.5. The average molecular weight is 454 g/mol. The molecule has 1 heterocycles. The molecule has 170 valence electrons. The number of nitrogens with one attached hydrogen (secondary N) is 1. The molecule has 0 spiro atoms. The van der Waals surface area contributed by atoms with Crippen LogP contribution in [0, 0.1) is 5.92 Å². The van der Waals surface area contributed by atoms with E-state index in [4.69, 9.17) is 11.6 Å². The molecule has 1 saturated heterocycles. The van der Waals surface area contributed by atoms with Gasteiger partial charge in [-0.3, -0.25) is 9.59 Å². The van der Waals surface area contributed by atoms with Gasteiger partial charge in [-0.25, -0.2) is 0 Å². The van der Waals surface area contributed by atoms with Crippen LogP contribution in [0.4, 0.5) is 5.69 Å². The Morgan fingerprint density at radius 2 is 1.84 bits per heavy atom. The van der Waals surface area contributed by atoms with Crippen LogP contribution in [0.5, 0.6) is 0 Å². The van der Waals surface area contributed by atoms with Gasteiger partial charge in [-0.15, -0.1) is 0 Å². The molecule has 0 bridgehead atoms. The molecule has 1 saturated carbocycles. The Kier molecular flexibility index (Phi) is 7.17. The van der Waals surface area contributed by atoms with E-state index in [2.05, 4.69) is 36.4 Å². The van der Waals surface area contributed by atoms with E-state index >= 15 is 0 Å². The van der Waals surface area contributed by atoms with Crippen LogP contribution >= 0.6 is 11.6 Å². The fourth-order valence-electron chi connectivity index (χ4n) is 5.09. The Hall–Kier alpha value is -2.37. The molecule has 1 N–H and O–H groups in total. The van der Waals surface area contributed by atoms with Crippen LogP contribution in [0.15, 0.2) is 48.5 Å². The monoisotopic (exact) mass is 453 g/mol. The predicted molar refractivity (Wildman–Crippen MR) is 129 cm³/mol. The van der Waals surface area contributed by atoms with Crippen LogP contribution in [0.25, 0.3) is 0 Å². The first kappa shape index (κ1) is 22.8. The molecule has 2 aromatic rings. The highest BCUT2D eigenvalue weighted by Crippen LogP contribution is 2.41. The maximum absolute atomic E-state index is 13.5. The Morgan fingerprint density at radius 1 is 1.09 bits per heavy atom. The van der Waals surface area contributed by atoms with Gasteiger partial charge >= 0.3 is 0 Å². The topological polar surface area (TPSA) is 52.7 Å². The van der Waals surface area contributed by atoms with E-state index in [1.807, 2.05) is 17.0 Å². The maximum atomic E-state index is 13.5. The predicted octanol–water partition coefficient (Wildman–Crippen LogP) is 4.86. The highest BCUT2D eigenvalue weighted by atomic mass is 35.5. The Morgan fingerprint density at radius 3 is 2.56 bits per heavy atom. The normalized spacial score (nSPS) is 22.6. The highest BCUT2D eigenvalue weighted by Gasteiger charge is 2.47. The lowest BCUT2D eigenvalue weighted by Crippen LogP contribution is -2.47. The number of carbonyl (C=O) groups excluding carboxylic acids is 2. The van der Waals surface area contributed by atoms with Gasteiger partial charge in [0.05, 0.1) is 0 Å². The van der Waals surface area contributed by atoms with E-state index in [-0.39, 0.29) is 17.9 Å². The second kappa shape index (κ2) is 10.1. The van der Waals surface area contributed by atoms with Gasteiger partial charge in [-0.1, -0.05) is 42.6 Å². The Balaban J connectivity index is 1.51. The summed E-state index contributed by atoms with van der Waals surface area (Å²) < 4.78 is 0. The fraction of sp³-hybridized carbons (Fsp3) is 0.462. The van der Waals surface area contributed by atoms with Gasteiger partial charge in [0.1, 0.15) is 6.04 Å². The van der Waals surface area contributed by atoms with Crippen molar-refractivity contribution in [2.24, 2.45) is 5.92 Å². The first-order chi connectivity index (χ1) is 15.4. The summed E-state index contributed by atoms with van der Waals surface area (Å²) in [4.78, 5) is 30.8. The summed E-state index contributed by atoms with van der Waals surface area (Å²) in [6.07, 6.45) is 6.00. The Bertz CT molecular complexity index is 960. The molecule has 6 heteroatoms. The van der Waals surface area contributed by atoms with E-state index in [0.29, 0.717) is 16.5 Å². The molecule has 2 fully saturated rings. The first-order valence-corrected chi connectivity index (χ1v) is 11.9. The van der Waals surface area contributed by atoms with Crippen molar-refractivity contribution >= 4 is 29.1 Å². The van der Waals surface area contributed by atoms with Crippen molar-refractivity contribution in [3.8, 4) is 0 Å². The second-order valence-corrected chi connectivity index (χ2v) is 9.76. The lowest BCUT2D eigenvalue weighted by Gasteiger charge is -2.33. The molecule has 3 unspecified atom stereocenters. The number of hydrogen-bond donors (Lipinski definition) is 1. The summed E-state index contributed by atoms with van der Waals surface area (Å²) in [6.45, 7) is 0.983. The molecule has 2 aliphatic rings. The number of likely N-dealkylation sites (N-methyl/N-ethyl adjacent to an activating group) is 1. The molecule has 0 radical (unpaired) electrons. The molecule has 0 aromatic heterocycles. The van der Waals surface area contributed by atoms with Crippen molar-refractivity contribution in [2.45, 2.75) is 50.6 Å². The van der Waals surface area contributed by atoms with Gasteiger partial charge in [-0.05, 0) is 81.6 Å². The third-order valence-corrected chi connectivity index (χ3v) is 7.00. The van der Waals surface area contributed by atoms with Crippen LogP contribution in [-0.2, 0) is 11.2 Å². The van der Waals surface area contributed by atoms with Gasteiger partial charge in [0.15, 0.2) is 0 Å². The zero-order valence-electron chi connectivity index (χ0n) is 18.9. The Labute approximate surface area is 195 Å². The summed E-state index contributed by atoms with van der Waals surface area (Å²) >= 11 is 6.14. The summed E-state index contributed by atoms with van der Waals surface area (Å²) in [7, 11) is 4.12. The number of anilines is 1. The third kappa shape index (κ3) is 5.16. The van der Waals surface area contributed by atoms with Crippen molar-refractivity contribution in [1.29, 1.82) is 0 Å². The van der Waals surface area contributed by atoms with Crippen LogP contribution < -0.4 is 5.32 Å². The summed E-state index contributed by atoms with van der Waals surface area (Å²) in [5.74, 6) is 0.188. The van der Waals surface area contributed by atoms with Crippen molar-refractivity contribution in [1.82, 2.24) is 9.80 Å². The fourth-order valence-corrected chi connectivity index (χ4v) is 5.28. The lowest BCUT2D eigenvalue weighted by atomic mass is 9.84. The van der Waals surface area contributed by atoms with Gasteiger partial charge in [0.2, 0.25) is 5.91 Å². The van der Waals surface area contributed by atoms with Crippen LogP contribution in [-0.4, -0.2) is 54.3 Å². The maximum Gasteiger partial charge on any atom is 0.254 e. The number of rotatable bonds is 6. The average Bonchev–Trinajstić information content (AvgIpc) is 3.18. The van der Waals surface area contributed by atoms with Crippen molar-refractivity contribution in [3.63, 3.8) is 0 Å². The zero-order valence-corrected chi connectivity index (χ0v) is 19.6. The van der Waals surface area contributed by atoms with Crippen molar-refractivity contribution in [3.05, 3.63) is 64.7 Å². The molecule has 1 aliphatic heterocycles. The molecule has 4 rings (SSSR count). The van der Waals surface area contributed by atoms with Crippen molar-refractivity contribution in [2.75, 3.05) is 26.0 Å². The minimum Gasteiger partial charge on any atom is -0.324 e. The number of nitrogens with zero attached hydrogens (tertiary/aromatic N) is 2. The molecular weight excluding hydrogens is 422 g/mol. The van der Waals surface area contributed by atoms with Gasteiger partial charge < -0.3 is 15.1 Å². The number of likely N-dealkylation sites (tertiary alicyclic amines) is 1. The molecular formula is C26H32ClN3O2. The number of benzene rings is 2. The standard InChI is InChI=1S/C26H32ClN3O2/c1-29(2)15-14-18-10-12-22(13-11-18)28-25(31)24-17-19-6-3-4-9-23(19)30(24)26(32)20-7-5-8-21(27)16-20/h5,7-8,10-13,16,19,23-24H,3-4,6,9,14-15,17H2,1-2H3,(H,28,31). The van der Waals surface area contributed by atoms with Crippen LogP contribution in [0.2, 0.25) is 5.02 Å². The molecule has 2 aromatic carbocycles. The lowest BCUT2D eigenvalue weighted by molar-refractivity contribution is -0.120. The van der Waals surface area contributed by atoms with Crippen molar-refractivity contribution < 1.29 is 9.59 Å². The van der Waals surface area contributed by atoms with Gasteiger partial charge in [0.25, 0.3) is 5.91 Å². The van der Waals surface area contributed by atoms with Crippen LogP contribution in [0.1, 0.15) is 48.0 Å². The molecule has 5 nitrogen and oxygen atoms in total. The van der Waals surface area contributed by atoms with E-state index < -0.39 is 6.04 Å². The largest absolute Gasteiger partial charge is 0.324 e. The number of amides is 2.